The summed E-state index contributed by atoms with van der Waals surface area (Å²) in [7, 11) is -3.23. The lowest BCUT2D eigenvalue weighted by Crippen LogP contribution is -2.24. The Morgan fingerprint density at radius 2 is 1.79 bits per heavy atom. The summed E-state index contributed by atoms with van der Waals surface area (Å²) >= 11 is 0. The van der Waals surface area contributed by atoms with E-state index in [1.54, 1.807) is 19.1 Å². The summed E-state index contributed by atoms with van der Waals surface area (Å²) in [6.45, 7) is 3.69. The standard InChI is InChI=1S/C14H22N2O2S/c1-2-19(17,18)14-8-7-12(11-13(14)15)16-9-5-3-4-6-10-16/h7-8,11H,2-6,9-10,15H2,1H3. The van der Waals surface area contributed by atoms with Crippen LogP contribution in [0.5, 0.6) is 0 Å². The van der Waals surface area contributed by atoms with Crippen molar-refractivity contribution in [2.24, 2.45) is 0 Å². The topological polar surface area (TPSA) is 63.4 Å². The van der Waals surface area contributed by atoms with Gasteiger partial charge < -0.3 is 10.6 Å². The Morgan fingerprint density at radius 1 is 1.16 bits per heavy atom. The number of benzene rings is 1. The predicted molar refractivity (Wildman–Crippen MR) is 79.3 cm³/mol. The molecule has 0 spiro atoms. The third-order valence-electron chi connectivity index (χ3n) is 3.68. The molecule has 0 saturated carbocycles. The highest BCUT2D eigenvalue weighted by Gasteiger charge is 2.17. The van der Waals surface area contributed by atoms with E-state index in [-0.39, 0.29) is 10.6 Å². The second-order valence-electron chi connectivity index (χ2n) is 5.03. The van der Waals surface area contributed by atoms with Gasteiger partial charge in [-0.3, -0.25) is 0 Å². The van der Waals surface area contributed by atoms with E-state index in [2.05, 4.69) is 4.90 Å². The molecule has 1 aliphatic rings. The summed E-state index contributed by atoms with van der Waals surface area (Å²) < 4.78 is 23.7. The number of nitrogen functional groups attached to an aromatic ring is 1. The number of rotatable bonds is 3. The molecule has 1 aromatic carbocycles. The van der Waals surface area contributed by atoms with Crippen LogP contribution in [0.4, 0.5) is 11.4 Å². The van der Waals surface area contributed by atoms with Crippen molar-refractivity contribution in [1.29, 1.82) is 0 Å². The lowest BCUT2D eigenvalue weighted by atomic mass is 10.2. The van der Waals surface area contributed by atoms with Crippen LogP contribution in [-0.4, -0.2) is 27.3 Å². The van der Waals surface area contributed by atoms with Gasteiger partial charge in [-0.25, -0.2) is 8.42 Å². The highest BCUT2D eigenvalue weighted by atomic mass is 32.2. The van der Waals surface area contributed by atoms with Crippen molar-refractivity contribution in [1.82, 2.24) is 0 Å². The van der Waals surface area contributed by atoms with Crippen LogP contribution < -0.4 is 10.6 Å². The Labute approximate surface area is 115 Å². The zero-order chi connectivity index (χ0) is 13.9. The fourth-order valence-electron chi connectivity index (χ4n) is 2.50. The van der Waals surface area contributed by atoms with E-state index in [0.717, 1.165) is 18.8 Å². The SMILES string of the molecule is CCS(=O)(=O)c1ccc(N2CCCCCC2)cc1N. The van der Waals surface area contributed by atoms with Gasteiger partial charge in [0.1, 0.15) is 0 Å². The molecule has 1 aromatic rings. The Hall–Kier alpha value is -1.23. The molecule has 0 amide bonds. The summed E-state index contributed by atoms with van der Waals surface area (Å²) in [6.07, 6.45) is 4.92. The number of nitrogens with zero attached hydrogens (tertiary/aromatic N) is 1. The van der Waals surface area contributed by atoms with Crippen LogP contribution >= 0.6 is 0 Å². The molecule has 5 heteroatoms. The maximum Gasteiger partial charge on any atom is 0.180 e. The fourth-order valence-corrected chi connectivity index (χ4v) is 3.50. The Morgan fingerprint density at radius 3 is 2.32 bits per heavy atom. The zero-order valence-corrected chi connectivity index (χ0v) is 12.2. The smallest absolute Gasteiger partial charge is 0.180 e. The van der Waals surface area contributed by atoms with Crippen LogP contribution in [0, 0.1) is 0 Å². The van der Waals surface area contributed by atoms with E-state index < -0.39 is 9.84 Å². The molecular weight excluding hydrogens is 260 g/mol. The van der Waals surface area contributed by atoms with Crippen molar-refractivity contribution < 1.29 is 8.42 Å². The lowest BCUT2D eigenvalue weighted by Gasteiger charge is -2.23. The van der Waals surface area contributed by atoms with E-state index in [0.29, 0.717) is 5.69 Å². The van der Waals surface area contributed by atoms with Gasteiger partial charge in [0, 0.05) is 18.8 Å². The first-order chi connectivity index (χ1) is 9.04. The number of hydrogen-bond acceptors (Lipinski definition) is 4. The van der Waals surface area contributed by atoms with Gasteiger partial charge in [-0.15, -0.1) is 0 Å². The van der Waals surface area contributed by atoms with Gasteiger partial charge in [0.15, 0.2) is 9.84 Å². The Bertz CT molecular complexity index is 532. The fraction of sp³-hybridized carbons (Fsp3) is 0.571. The first-order valence-corrected chi connectivity index (χ1v) is 8.57. The predicted octanol–water partition coefficient (Wildman–Crippen LogP) is 2.44. The molecule has 1 aliphatic heterocycles. The van der Waals surface area contributed by atoms with Crippen LogP contribution in [0.25, 0.3) is 0 Å². The van der Waals surface area contributed by atoms with Gasteiger partial charge >= 0.3 is 0 Å². The second-order valence-corrected chi connectivity index (χ2v) is 7.27. The highest BCUT2D eigenvalue weighted by Crippen LogP contribution is 2.27. The molecule has 0 aliphatic carbocycles. The molecule has 1 saturated heterocycles. The molecule has 0 aromatic heterocycles. The van der Waals surface area contributed by atoms with Gasteiger partial charge in [-0.05, 0) is 31.0 Å². The van der Waals surface area contributed by atoms with Gasteiger partial charge in [-0.1, -0.05) is 19.8 Å². The number of nitrogens with two attached hydrogens (primary N) is 1. The molecule has 1 heterocycles. The summed E-state index contributed by atoms with van der Waals surface area (Å²) in [5.74, 6) is 0.0836. The number of sulfone groups is 1. The molecule has 4 nitrogen and oxygen atoms in total. The number of hydrogen-bond donors (Lipinski definition) is 1. The van der Waals surface area contributed by atoms with Crippen LogP contribution in [0.1, 0.15) is 32.6 Å². The molecular formula is C14H22N2O2S. The summed E-state index contributed by atoms with van der Waals surface area (Å²) in [6, 6.07) is 5.33. The van der Waals surface area contributed by atoms with Gasteiger partial charge in [0.05, 0.1) is 16.3 Å². The van der Waals surface area contributed by atoms with Gasteiger partial charge in [0.2, 0.25) is 0 Å². The summed E-state index contributed by atoms with van der Waals surface area (Å²) in [5.41, 5.74) is 7.32. The molecule has 0 unspecified atom stereocenters. The minimum Gasteiger partial charge on any atom is -0.398 e. The number of anilines is 2. The highest BCUT2D eigenvalue weighted by molar-refractivity contribution is 7.91. The minimum atomic E-state index is -3.23. The molecule has 0 atom stereocenters. The normalized spacial score (nSPS) is 17.2. The van der Waals surface area contributed by atoms with Crippen LogP contribution in [0.15, 0.2) is 23.1 Å². The first kappa shape index (κ1) is 14.2. The van der Waals surface area contributed by atoms with Crippen LogP contribution in [0.2, 0.25) is 0 Å². The van der Waals surface area contributed by atoms with Crippen molar-refractivity contribution >= 4 is 21.2 Å². The molecule has 0 radical (unpaired) electrons. The zero-order valence-electron chi connectivity index (χ0n) is 11.4. The Kier molecular flexibility index (Phi) is 4.34. The van der Waals surface area contributed by atoms with E-state index in [1.807, 2.05) is 6.07 Å². The molecule has 1 fully saturated rings. The van der Waals surface area contributed by atoms with Gasteiger partial charge in [0.25, 0.3) is 0 Å². The largest absolute Gasteiger partial charge is 0.398 e. The van der Waals surface area contributed by atoms with Crippen LogP contribution in [-0.2, 0) is 9.84 Å². The maximum atomic E-state index is 11.9. The molecule has 2 N–H and O–H groups in total. The molecule has 2 rings (SSSR count). The van der Waals surface area contributed by atoms with Crippen molar-refractivity contribution in [2.75, 3.05) is 29.5 Å². The van der Waals surface area contributed by atoms with Gasteiger partial charge in [-0.2, -0.15) is 0 Å². The molecule has 19 heavy (non-hydrogen) atoms. The monoisotopic (exact) mass is 282 g/mol. The third-order valence-corrected chi connectivity index (χ3v) is 5.48. The quantitative estimate of drug-likeness (QED) is 0.865. The van der Waals surface area contributed by atoms with E-state index in [9.17, 15) is 8.42 Å². The van der Waals surface area contributed by atoms with Crippen molar-refractivity contribution in [3.05, 3.63) is 18.2 Å². The maximum absolute atomic E-state index is 11.9. The average Bonchev–Trinajstić information content (AvgIpc) is 2.67. The summed E-state index contributed by atoms with van der Waals surface area (Å²) in [5, 5.41) is 0. The minimum absolute atomic E-state index is 0.0836. The van der Waals surface area contributed by atoms with Crippen molar-refractivity contribution in [3.63, 3.8) is 0 Å². The third kappa shape index (κ3) is 3.21. The van der Waals surface area contributed by atoms with E-state index in [1.165, 1.54) is 25.7 Å². The summed E-state index contributed by atoms with van der Waals surface area (Å²) in [4.78, 5) is 2.56. The molecule has 0 bridgehead atoms. The second kappa shape index (κ2) is 5.82. The lowest BCUT2D eigenvalue weighted by molar-refractivity contribution is 0.597. The van der Waals surface area contributed by atoms with Crippen molar-refractivity contribution in [2.45, 2.75) is 37.5 Å². The van der Waals surface area contributed by atoms with Crippen molar-refractivity contribution in [3.8, 4) is 0 Å². The molecule has 106 valence electrons. The van der Waals surface area contributed by atoms with E-state index >= 15 is 0 Å². The van der Waals surface area contributed by atoms with E-state index in [4.69, 9.17) is 5.73 Å². The first-order valence-electron chi connectivity index (χ1n) is 6.92. The average molecular weight is 282 g/mol. The van der Waals surface area contributed by atoms with Crippen LogP contribution in [0.3, 0.4) is 0 Å². The Balaban J connectivity index is 2.28.